The average Bonchev–Trinajstić information content (AvgIpc) is 2.79. The van der Waals surface area contributed by atoms with Crippen molar-refractivity contribution in [2.24, 2.45) is 0 Å². The van der Waals surface area contributed by atoms with Gasteiger partial charge in [-0.15, -0.1) is 0 Å². The second-order valence-electron chi connectivity index (χ2n) is 5.02. The van der Waals surface area contributed by atoms with Crippen LogP contribution in [0.15, 0.2) is 42.5 Å². The van der Waals surface area contributed by atoms with Gasteiger partial charge < -0.3 is 10.0 Å². The van der Waals surface area contributed by atoms with Crippen LogP contribution in [0.1, 0.15) is 22.8 Å². The molecule has 19 heavy (non-hydrogen) atoms. The minimum absolute atomic E-state index is 0.322. The summed E-state index contributed by atoms with van der Waals surface area (Å²) in [5, 5.41) is 10.3. The lowest BCUT2D eigenvalue weighted by Crippen LogP contribution is -2.12. The average molecular weight is 257 g/mol. The second kappa shape index (κ2) is 4.67. The summed E-state index contributed by atoms with van der Waals surface area (Å²) in [7, 11) is 2.06. The van der Waals surface area contributed by atoms with Crippen molar-refractivity contribution in [1.82, 2.24) is 0 Å². The molecule has 1 aliphatic rings. The molecule has 1 N–H and O–H groups in total. The molecular formula is C16H16FNO. The first-order valence-corrected chi connectivity index (χ1v) is 6.42. The maximum absolute atomic E-state index is 13.2. The van der Waals surface area contributed by atoms with Crippen LogP contribution >= 0.6 is 0 Å². The molecule has 0 aliphatic carbocycles. The van der Waals surface area contributed by atoms with E-state index in [1.807, 2.05) is 18.2 Å². The third-order valence-corrected chi connectivity index (χ3v) is 3.71. The molecule has 0 bridgehead atoms. The van der Waals surface area contributed by atoms with E-state index in [2.05, 4.69) is 11.9 Å². The molecule has 0 amide bonds. The molecule has 0 saturated heterocycles. The van der Waals surface area contributed by atoms with Gasteiger partial charge in [0.25, 0.3) is 0 Å². The van der Waals surface area contributed by atoms with E-state index in [9.17, 15) is 9.50 Å². The molecule has 1 aliphatic heterocycles. The summed E-state index contributed by atoms with van der Waals surface area (Å²) in [4.78, 5) is 2.20. The number of halogens is 1. The number of anilines is 1. The van der Waals surface area contributed by atoms with Crippen molar-refractivity contribution in [1.29, 1.82) is 0 Å². The Morgan fingerprint density at radius 2 is 1.95 bits per heavy atom. The van der Waals surface area contributed by atoms with Gasteiger partial charge in [-0.1, -0.05) is 24.3 Å². The molecule has 1 unspecified atom stereocenters. The van der Waals surface area contributed by atoms with E-state index in [1.165, 1.54) is 23.4 Å². The van der Waals surface area contributed by atoms with Crippen LogP contribution in [-0.4, -0.2) is 18.7 Å². The number of aliphatic hydroxyl groups is 1. The highest BCUT2D eigenvalue weighted by Gasteiger charge is 2.18. The van der Waals surface area contributed by atoms with Gasteiger partial charge in [0.1, 0.15) is 11.9 Å². The van der Waals surface area contributed by atoms with Gasteiger partial charge in [-0.25, -0.2) is 4.39 Å². The lowest BCUT2D eigenvalue weighted by Gasteiger charge is -2.15. The van der Waals surface area contributed by atoms with Crippen molar-refractivity contribution in [2.75, 3.05) is 18.5 Å². The Kier molecular flexibility index (Phi) is 2.99. The number of hydrogen-bond acceptors (Lipinski definition) is 2. The summed E-state index contributed by atoms with van der Waals surface area (Å²) in [6.07, 6.45) is 0.224. The van der Waals surface area contributed by atoms with Crippen molar-refractivity contribution in [3.63, 3.8) is 0 Å². The third-order valence-electron chi connectivity index (χ3n) is 3.71. The van der Waals surface area contributed by atoms with Crippen LogP contribution in [0.4, 0.5) is 10.1 Å². The van der Waals surface area contributed by atoms with Crippen molar-refractivity contribution in [2.45, 2.75) is 12.5 Å². The smallest absolute Gasteiger partial charge is 0.123 e. The van der Waals surface area contributed by atoms with Gasteiger partial charge >= 0.3 is 0 Å². The topological polar surface area (TPSA) is 23.5 Å². The molecule has 3 rings (SSSR count). The largest absolute Gasteiger partial charge is 0.384 e. The summed E-state index contributed by atoms with van der Waals surface area (Å²) < 4.78 is 13.2. The molecule has 3 heteroatoms. The van der Waals surface area contributed by atoms with Crippen LogP contribution in [0.25, 0.3) is 0 Å². The van der Waals surface area contributed by atoms with Gasteiger partial charge in [0.05, 0.1) is 0 Å². The zero-order valence-corrected chi connectivity index (χ0v) is 10.8. The standard InChI is InChI=1S/C16H16FNO/c1-18-8-7-11-9-13(5-6-15(11)18)16(19)12-3-2-4-14(17)10-12/h2-6,9-10,16,19H,7-8H2,1H3. The van der Waals surface area contributed by atoms with Gasteiger partial charge in [0, 0.05) is 19.3 Å². The Bertz CT molecular complexity index is 611. The summed E-state index contributed by atoms with van der Waals surface area (Å²) in [6.45, 7) is 1.01. The SMILES string of the molecule is CN1CCc2cc(C(O)c3cccc(F)c3)ccc21. The fourth-order valence-corrected chi connectivity index (χ4v) is 2.63. The van der Waals surface area contributed by atoms with Crippen LogP contribution in [-0.2, 0) is 6.42 Å². The van der Waals surface area contributed by atoms with Gasteiger partial charge in [0.15, 0.2) is 0 Å². The Hall–Kier alpha value is -1.87. The molecule has 2 nitrogen and oxygen atoms in total. The molecule has 2 aromatic rings. The predicted molar refractivity (Wildman–Crippen MR) is 73.9 cm³/mol. The zero-order valence-electron chi connectivity index (χ0n) is 10.8. The van der Waals surface area contributed by atoms with E-state index in [1.54, 1.807) is 12.1 Å². The van der Waals surface area contributed by atoms with Crippen molar-refractivity contribution >= 4 is 5.69 Å². The molecule has 0 saturated carbocycles. The Balaban J connectivity index is 1.94. The van der Waals surface area contributed by atoms with Crippen LogP contribution in [0.5, 0.6) is 0 Å². The molecule has 1 atom stereocenters. The Morgan fingerprint density at radius 1 is 1.16 bits per heavy atom. The number of nitrogens with zero attached hydrogens (tertiary/aromatic N) is 1. The summed E-state index contributed by atoms with van der Waals surface area (Å²) in [5.74, 6) is -0.322. The van der Waals surface area contributed by atoms with Crippen molar-refractivity contribution in [3.05, 3.63) is 65.0 Å². The van der Waals surface area contributed by atoms with Crippen molar-refractivity contribution < 1.29 is 9.50 Å². The monoisotopic (exact) mass is 257 g/mol. The summed E-state index contributed by atoms with van der Waals surface area (Å²) >= 11 is 0. The number of fused-ring (bicyclic) bond motifs is 1. The van der Waals surface area contributed by atoms with E-state index in [0.29, 0.717) is 5.56 Å². The maximum atomic E-state index is 13.2. The predicted octanol–water partition coefficient (Wildman–Crippen LogP) is 2.90. The maximum Gasteiger partial charge on any atom is 0.123 e. The van der Waals surface area contributed by atoms with E-state index < -0.39 is 6.10 Å². The van der Waals surface area contributed by atoms with Gasteiger partial charge in [-0.3, -0.25) is 0 Å². The fourth-order valence-electron chi connectivity index (χ4n) is 2.63. The van der Waals surface area contributed by atoms with Crippen LogP contribution in [0.3, 0.4) is 0 Å². The molecule has 98 valence electrons. The number of benzene rings is 2. The molecule has 1 heterocycles. The van der Waals surface area contributed by atoms with Crippen LogP contribution < -0.4 is 4.90 Å². The highest BCUT2D eigenvalue weighted by atomic mass is 19.1. The number of rotatable bonds is 2. The molecule has 0 fully saturated rings. The van der Waals surface area contributed by atoms with Crippen LogP contribution in [0, 0.1) is 5.82 Å². The lowest BCUT2D eigenvalue weighted by atomic mass is 9.99. The molecular weight excluding hydrogens is 241 g/mol. The first-order valence-electron chi connectivity index (χ1n) is 6.42. The second-order valence-corrected chi connectivity index (χ2v) is 5.02. The molecule has 0 radical (unpaired) electrons. The lowest BCUT2D eigenvalue weighted by molar-refractivity contribution is 0.219. The van der Waals surface area contributed by atoms with E-state index >= 15 is 0 Å². The minimum Gasteiger partial charge on any atom is -0.384 e. The number of hydrogen-bond donors (Lipinski definition) is 1. The quantitative estimate of drug-likeness (QED) is 0.894. The van der Waals surface area contributed by atoms with Gasteiger partial charge in [0.2, 0.25) is 0 Å². The minimum atomic E-state index is -0.771. The third kappa shape index (κ3) is 2.22. The highest BCUT2D eigenvalue weighted by molar-refractivity contribution is 5.59. The Morgan fingerprint density at radius 3 is 2.74 bits per heavy atom. The molecule has 0 spiro atoms. The van der Waals surface area contributed by atoms with Crippen molar-refractivity contribution in [3.8, 4) is 0 Å². The van der Waals surface area contributed by atoms with E-state index in [0.717, 1.165) is 18.5 Å². The summed E-state index contributed by atoms with van der Waals surface area (Å²) in [5.41, 5.74) is 3.87. The Labute approximate surface area is 112 Å². The first-order chi connectivity index (χ1) is 9.15. The zero-order chi connectivity index (χ0) is 13.4. The van der Waals surface area contributed by atoms with E-state index in [-0.39, 0.29) is 5.82 Å². The molecule has 2 aromatic carbocycles. The normalized spacial score (nSPS) is 15.4. The fraction of sp³-hybridized carbons (Fsp3) is 0.250. The van der Waals surface area contributed by atoms with Gasteiger partial charge in [-0.2, -0.15) is 0 Å². The first kappa shape index (κ1) is 12.2. The van der Waals surface area contributed by atoms with Gasteiger partial charge in [-0.05, 0) is 41.3 Å². The number of aliphatic hydroxyl groups excluding tert-OH is 1. The summed E-state index contributed by atoms with van der Waals surface area (Å²) in [6, 6.07) is 12.1. The highest BCUT2D eigenvalue weighted by Crippen LogP contribution is 2.31. The molecule has 0 aromatic heterocycles. The van der Waals surface area contributed by atoms with Crippen LogP contribution in [0.2, 0.25) is 0 Å². The van der Waals surface area contributed by atoms with E-state index in [4.69, 9.17) is 0 Å². The number of likely N-dealkylation sites (N-methyl/N-ethyl adjacent to an activating group) is 1.